The average Bonchev–Trinajstić information content (AvgIpc) is 3.28. The van der Waals surface area contributed by atoms with Crippen molar-refractivity contribution < 1.29 is 4.79 Å². The number of aromatic nitrogens is 2. The minimum absolute atomic E-state index is 0.0738. The van der Waals surface area contributed by atoms with E-state index in [1.807, 2.05) is 28.9 Å². The molecule has 0 amide bonds. The summed E-state index contributed by atoms with van der Waals surface area (Å²) in [6, 6.07) is 5.87. The van der Waals surface area contributed by atoms with Gasteiger partial charge in [0, 0.05) is 25.4 Å². The van der Waals surface area contributed by atoms with Crippen molar-refractivity contribution >= 4 is 28.5 Å². The highest BCUT2D eigenvalue weighted by molar-refractivity contribution is 6.22. The van der Waals surface area contributed by atoms with Gasteiger partial charge in [0.2, 0.25) is 0 Å². The third-order valence-corrected chi connectivity index (χ3v) is 4.99. The first-order chi connectivity index (χ1) is 13.1. The largest absolute Gasteiger partial charge is 0.397 e. The zero-order valence-electron chi connectivity index (χ0n) is 15.5. The highest BCUT2D eigenvalue weighted by Crippen LogP contribution is 2.31. The molecule has 2 aromatic heterocycles. The van der Waals surface area contributed by atoms with Crippen LogP contribution in [-0.4, -0.2) is 52.2 Å². The SMILES string of the molecule is CC1=CC(=Nc2c(NCCN3CCCC3)nn3ccccc23)C(N)=CC1=O. The van der Waals surface area contributed by atoms with Gasteiger partial charge in [0.1, 0.15) is 5.69 Å². The summed E-state index contributed by atoms with van der Waals surface area (Å²) in [5, 5.41) is 8.06. The highest BCUT2D eigenvalue weighted by atomic mass is 16.1. The Hall–Kier alpha value is -2.93. The fraction of sp³-hybridized carbons (Fsp3) is 0.350. The summed E-state index contributed by atoms with van der Waals surface area (Å²) < 4.78 is 1.81. The van der Waals surface area contributed by atoms with Crippen LogP contribution in [0.15, 0.2) is 52.8 Å². The number of carbonyl (C=O) groups is 1. The molecule has 3 N–H and O–H groups in total. The number of hydrogen-bond donors (Lipinski definition) is 2. The number of carbonyl (C=O) groups excluding carboxylic acids is 1. The van der Waals surface area contributed by atoms with Gasteiger partial charge in [-0.1, -0.05) is 6.07 Å². The Bertz CT molecular complexity index is 962. The van der Waals surface area contributed by atoms with Crippen LogP contribution in [0.4, 0.5) is 11.5 Å². The first kappa shape index (κ1) is 17.5. The van der Waals surface area contributed by atoms with Crippen LogP contribution in [0.3, 0.4) is 0 Å². The van der Waals surface area contributed by atoms with Crippen molar-refractivity contribution in [3.05, 3.63) is 47.8 Å². The molecule has 0 aromatic carbocycles. The van der Waals surface area contributed by atoms with Gasteiger partial charge in [-0.05, 0) is 56.6 Å². The molecule has 0 bridgehead atoms. The molecule has 0 radical (unpaired) electrons. The molecule has 1 aliphatic heterocycles. The van der Waals surface area contributed by atoms with E-state index in [9.17, 15) is 4.79 Å². The molecule has 27 heavy (non-hydrogen) atoms. The molecule has 2 aliphatic rings. The quantitative estimate of drug-likeness (QED) is 0.795. The van der Waals surface area contributed by atoms with Gasteiger partial charge >= 0.3 is 0 Å². The maximum absolute atomic E-state index is 11.8. The van der Waals surface area contributed by atoms with Crippen molar-refractivity contribution in [1.29, 1.82) is 0 Å². The van der Waals surface area contributed by atoms with E-state index in [-0.39, 0.29) is 5.78 Å². The standard InChI is InChI=1S/C20H24N6O/c1-14-12-16(15(21)13-18(14)27)23-19-17-6-2-3-10-26(17)24-20(19)22-7-11-25-8-4-5-9-25/h2-3,6,10,12-13H,4-5,7-9,11,21H2,1H3,(H,22,24). The summed E-state index contributed by atoms with van der Waals surface area (Å²) in [7, 11) is 0. The van der Waals surface area contributed by atoms with Crippen LogP contribution in [-0.2, 0) is 4.79 Å². The van der Waals surface area contributed by atoms with E-state index >= 15 is 0 Å². The van der Waals surface area contributed by atoms with Crippen molar-refractivity contribution in [3.63, 3.8) is 0 Å². The Morgan fingerprint density at radius 2 is 2.07 bits per heavy atom. The molecule has 0 unspecified atom stereocenters. The minimum atomic E-state index is -0.0738. The first-order valence-corrected chi connectivity index (χ1v) is 9.34. The summed E-state index contributed by atoms with van der Waals surface area (Å²) >= 11 is 0. The van der Waals surface area contributed by atoms with Crippen LogP contribution >= 0.6 is 0 Å². The van der Waals surface area contributed by atoms with Gasteiger partial charge in [0.25, 0.3) is 0 Å². The fourth-order valence-corrected chi connectivity index (χ4v) is 3.46. The van der Waals surface area contributed by atoms with Crippen LogP contribution in [0.1, 0.15) is 19.8 Å². The van der Waals surface area contributed by atoms with E-state index in [1.54, 1.807) is 13.0 Å². The lowest BCUT2D eigenvalue weighted by molar-refractivity contribution is -0.111. The first-order valence-electron chi connectivity index (χ1n) is 9.34. The molecule has 4 rings (SSSR count). The summed E-state index contributed by atoms with van der Waals surface area (Å²) in [5.74, 6) is 0.652. The molecule has 2 aromatic rings. The number of fused-ring (bicyclic) bond motifs is 1. The Kier molecular flexibility index (Phi) is 4.77. The molecule has 1 aliphatic carbocycles. The van der Waals surface area contributed by atoms with Gasteiger partial charge in [-0.15, -0.1) is 5.10 Å². The number of anilines is 1. The van der Waals surface area contributed by atoms with E-state index in [1.165, 1.54) is 32.0 Å². The second kappa shape index (κ2) is 7.36. The molecule has 1 fully saturated rings. The smallest absolute Gasteiger partial charge is 0.183 e. The Morgan fingerprint density at radius 3 is 2.89 bits per heavy atom. The molecule has 0 atom stereocenters. The van der Waals surface area contributed by atoms with E-state index in [0.29, 0.717) is 17.0 Å². The normalized spacial score (nSPS) is 19.6. The van der Waals surface area contributed by atoms with Crippen LogP contribution in [0.2, 0.25) is 0 Å². The third kappa shape index (κ3) is 3.64. The maximum Gasteiger partial charge on any atom is 0.183 e. The average molecular weight is 364 g/mol. The monoisotopic (exact) mass is 364 g/mol. The number of nitrogens with one attached hydrogen (secondary N) is 1. The molecular weight excluding hydrogens is 340 g/mol. The van der Waals surface area contributed by atoms with Crippen molar-refractivity contribution in [2.45, 2.75) is 19.8 Å². The fourth-order valence-electron chi connectivity index (χ4n) is 3.46. The number of allylic oxidation sites excluding steroid dienone is 3. The number of rotatable bonds is 5. The lowest BCUT2D eigenvalue weighted by atomic mass is 10.0. The summed E-state index contributed by atoms with van der Waals surface area (Å²) in [4.78, 5) is 19.0. The highest BCUT2D eigenvalue weighted by Gasteiger charge is 2.18. The van der Waals surface area contributed by atoms with Crippen LogP contribution in [0, 0.1) is 0 Å². The van der Waals surface area contributed by atoms with Gasteiger partial charge in [-0.25, -0.2) is 9.51 Å². The van der Waals surface area contributed by atoms with Gasteiger partial charge in [-0.3, -0.25) is 4.79 Å². The zero-order chi connectivity index (χ0) is 18.8. The van der Waals surface area contributed by atoms with Gasteiger partial charge < -0.3 is 16.0 Å². The number of nitrogens with two attached hydrogens (primary N) is 1. The Morgan fingerprint density at radius 1 is 1.26 bits per heavy atom. The van der Waals surface area contributed by atoms with Crippen LogP contribution in [0.5, 0.6) is 0 Å². The van der Waals surface area contributed by atoms with E-state index in [4.69, 9.17) is 10.7 Å². The van der Waals surface area contributed by atoms with Crippen molar-refractivity contribution in [3.8, 4) is 0 Å². The summed E-state index contributed by atoms with van der Waals surface area (Å²) in [6.07, 6.45) is 7.63. The van der Waals surface area contributed by atoms with E-state index in [0.717, 1.165) is 30.1 Å². The van der Waals surface area contributed by atoms with Crippen LogP contribution < -0.4 is 11.1 Å². The predicted octanol–water partition coefficient (Wildman–Crippen LogP) is 2.29. The molecule has 7 nitrogen and oxygen atoms in total. The van der Waals surface area contributed by atoms with E-state index in [2.05, 4.69) is 15.3 Å². The Labute approximate surface area is 158 Å². The van der Waals surface area contributed by atoms with E-state index < -0.39 is 0 Å². The van der Waals surface area contributed by atoms with Gasteiger partial charge in [0.05, 0.1) is 16.9 Å². The minimum Gasteiger partial charge on any atom is -0.397 e. The summed E-state index contributed by atoms with van der Waals surface area (Å²) in [5.41, 5.74) is 9.26. The lowest BCUT2D eigenvalue weighted by Gasteiger charge is -2.14. The Balaban J connectivity index is 1.65. The number of nitrogens with zero attached hydrogens (tertiary/aromatic N) is 4. The number of likely N-dealkylation sites (tertiary alicyclic amines) is 1. The molecule has 1 saturated heterocycles. The molecule has 7 heteroatoms. The van der Waals surface area contributed by atoms with Crippen molar-refractivity contribution in [1.82, 2.24) is 14.5 Å². The predicted molar refractivity (Wildman–Crippen MR) is 107 cm³/mol. The van der Waals surface area contributed by atoms with Crippen molar-refractivity contribution in [2.75, 3.05) is 31.5 Å². The lowest BCUT2D eigenvalue weighted by Crippen LogP contribution is -2.26. The molecule has 140 valence electrons. The van der Waals surface area contributed by atoms with Gasteiger partial charge in [0.15, 0.2) is 11.6 Å². The maximum atomic E-state index is 11.8. The molecule has 0 spiro atoms. The third-order valence-electron chi connectivity index (χ3n) is 4.99. The topological polar surface area (TPSA) is 88.0 Å². The zero-order valence-corrected chi connectivity index (χ0v) is 15.5. The van der Waals surface area contributed by atoms with Crippen LogP contribution in [0.25, 0.3) is 5.52 Å². The molecule has 0 saturated carbocycles. The number of hydrogen-bond acceptors (Lipinski definition) is 6. The van der Waals surface area contributed by atoms with Gasteiger partial charge in [-0.2, -0.15) is 0 Å². The second-order valence-electron chi connectivity index (χ2n) is 6.99. The van der Waals surface area contributed by atoms with Crippen molar-refractivity contribution in [2.24, 2.45) is 10.7 Å². The second-order valence-corrected chi connectivity index (χ2v) is 6.99. The number of pyridine rings is 1. The molecular formula is C20H24N6O. The molecule has 3 heterocycles. The number of aliphatic imine (C=N–C) groups is 1. The summed E-state index contributed by atoms with van der Waals surface area (Å²) in [6.45, 7) is 5.90. The number of ketones is 1.